The molecule has 22 heavy (non-hydrogen) atoms. The Morgan fingerprint density at radius 1 is 1.45 bits per heavy atom. The first kappa shape index (κ1) is 16.5. The molecule has 1 fully saturated rings. The molecular weight excluding hydrogens is 280 g/mol. The van der Waals surface area contributed by atoms with Gasteiger partial charge in [-0.15, -0.1) is 0 Å². The first-order valence-corrected chi connectivity index (χ1v) is 7.97. The minimum Gasteiger partial charge on any atom is -0.477 e. The second kappa shape index (κ2) is 9.25. The Bertz CT molecular complexity index is 458. The zero-order valence-corrected chi connectivity index (χ0v) is 13.3. The van der Waals surface area contributed by atoms with E-state index in [2.05, 4.69) is 15.3 Å². The van der Waals surface area contributed by atoms with Crippen LogP contribution < -0.4 is 15.8 Å². The summed E-state index contributed by atoms with van der Waals surface area (Å²) in [5.74, 6) is 1.87. The number of hydrogen-bond donors (Lipinski definition) is 2. The molecule has 0 radical (unpaired) electrons. The highest BCUT2D eigenvalue weighted by molar-refractivity contribution is 5.77. The van der Waals surface area contributed by atoms with Crippen molar-refractivity contribution in [2.75, 3.05) is 26.4 Å². The minimum atomic E-state index is 0.450. The maximum Gasteiger partial charge on any atom is 0.213 e. The van der Waals surface area contributed by atoms with Gasteiger partial charge in [-0.25, -0.2) is 9.98 Å². The van der Waals surface area contributed by atoms with Crippen molar-refractivity contribution in [1.82, 2.24) is 10.3 Å². The number of aliphatic imine (C=N–C) groups is 1. The summed E-state index contributed by atoms with van der Waals surface area (Å²) < 4.78 is 10.9. The van der Waals surface area contributed by atoms with E-state index in [0.29, 0.717) is 18.4 Å². The SMILES string of the molecule is CCOCCCNC(N)=NCc1ccc(OCC2CC2)nc1. The standard InChI is InChI=1S/C16H26N4O2/c1-2-21-9-3-8-18-16(17)20-11-14-6-7-15(19-10-14)22-12-13-4-5-13/h6-7,10,13H,2-5,8-9,11-12H2,1H3,(H3,17,18,20). The Hall–Kier alpha value is -1.82. The monoisotopic (exact) mass is 306 g/mol. The summed E-state index contributed by atoms with van der Waals surface area (Å²) in [7, 11) is 0. The van der Waals surface area contributed by atoms with E-state index in [1.165, 1.54) is 12.8 Å². The average molecular weight is 306 g/mol. The van der Waals surface area contributed by atoms with Crippen LogP contribution in [-0.2, 0) is 11.3 Å². The fourth-order valence-corrected chi connectivity index (χ4v) is 1.84. The molecule has 2 rings (SSSR count). The summed E-state index contributed by atoms with van der Waals surface area (Å²) in [6, 6.07) is 3.86. The lowest BCUT2D eigenvalue weighted by atomic mass is 10.3. The fourth-order valence-electron chi connectivity index (χ4n) is 1.84. The van der Waals surface area contributed by atoms with Crippen molar-refractivity contribution in [3.8, 4) is 5.88 Å². The molecule has 122 valence electrons. The highest BCUT2D eigenvalue weighted by Crippen LogP contribution is 2.29. The number of aromatic nitrogens is 1. The summed E-state index contributed by atoms with van der Waals surface area (Å²) >= 11 is 0. The first-order valence-electron chi connectivity index (χ1n) is 7.97. The lowest BCUT2D eigenvalue weighted by molar-refractivity contribution is 0.145. The molecule has 1 aliphatic carbocycles. The number of nitrogens with two attached hydrogens (primary N) is 1. The number of nitrogens with one attached hydrogen (secondary N) is 1. The number of hydrogen-bond acceptors (Lipinski definition) is 4. The molecule has 0 aliphatic heterocycles. The van der Waals surface area contributed by atoms with Crippen molar-refractivity contribution in [3.05, 3.63) is 23.9 Å². The molecule has 1 heterocycles. The maximum absolute atomic E-state index is 5.81. The molecule has 0 unspecified atom stereocenters. The Morgan fingerprint density at radius 3 is 3.00 bits per heavy atom. The third-order valence-electron chi connectivity index (χ3n) is 3.37. The number of ether oxygens (including phenoxy) is 2. The van der Waals surface area contributed by atoms with Gasteiger partial charge in [-0.3, -0.25) is 0 Å². The van der Waals surface area contributed by atoms with Crippen molar-refractivity contribution in [1.29, 1.82) is 0 Å². The van der Waals surface area contributed by atoms with Crippen LogP contribution in [0.3, 0.4) is 0 Å². The topological polar surface area (TPSA) is 81.8 Å². The van der Waals surface area contributed by atoms with Crippen molar-refractivity contribution in [3.63, 3.8) is 0 Å². The van der Waals surface area contributed by atoms with E-state index in [4.69, 9.17) is 15.2 Å². The van der Waals surface area contributed by atoms with Crippen molar-refractivity contribution < 1.29 is 9.47 Å². The van der Waals surface area contributed by atoms with Gasteiger partial charge in [0.1, 0.15) is 0 Å². The van der Waals surface area contributed by atoms with Gasteiger partial charge in [0.2, 0.25) is 5.88 Å². The van der Waals surface area contributed by atoms with Gasteiger partial charge in [0.25, 0.3) is 0 Å². The average Bonchev–Trinajstić information content (AvgIpc) is 3.36. The van der Waals surface area contributed by atoms with Crippen LogP contribution in [-0.4, -0.2) is 37.3 Å². The van der Waals surface area contributed by atoms with Crippen LogP contribution in [0.4, 0.5) is 0 Å². The van der Waals surface area contributed by atoms with Gasteiger partial charge in [-0.05, 0) is 37.7 Å². The van der Waals surface area contributed by atoms with Crippen LogP contribution in [0, 0.1) is 5.92 Å². The summed E-state index contributed by atoms with van der Waals surface area (Å²) in [4.78, 5) is 8.57. The van der Waals surface area contributed by atoms with E-state index in [0.717, 1.165) is 44.3 Å². The smallest absolute Gasteiger partial charge is 0.213 e. The molecule has 1 saturated carbocycles. The lowest BCUT2D eigenvalue weighted by Crippen LogP contribution is -2.32. The van der Waals surface area contributed by atoms with E-state index in [-0.39, 0.29) is 0 Å². The Morgan fingerprint density at radius 2 is 2.32 bits per heavy atom. The zero-order valence-electron chi connectivity index (χ0n) is 13.3. The molecule has 6 nitrogen and oxygen atoms in total. The van der Waals surface area contributed by atoms with Crippen LogP contribution in [0.1, 0.15) is 31.7 Å². The van der Waals surface area contributed by atoms with Gasteiger partial charge in [0.15, 0.2) is 5.96 Å². The molecule has 0 amide bonds. The number of pyridine rings is 1. The molecule has 1 aromatic rings. The quantitative estimate of drug-likeness (QED) is 0.391. The highest BCUT2D eigenvalue weighted by Gasteiger charge is 2.21. The third-order valence-corrected chi connectivity index (χ3v) is 3.37. The first-order chi connectivity index (χ1) is 10.8. The number of nitrogens with zero attached hydrogens (tertiary/aromatic N) is 2. The molecule has 3 N–H and O–H groups in total. The fraction of sp³-hybridized carbons (Fsp3) is 0.625. The van der Waals surface area contributed by atoms with E-state index in [1.54, 1.807) is 6.20 Å². The second-order valence-corrected chi connectivity index (χ2v) is 5.44. The molecule has 1 aliphatic rings. The van der Waals surface area contributed by atoms with Crippen molar-refractivity contribution in [2.45, 2.75) is 32.7 Å². The van der Waals surface area contributed by atoms with Gasteiger partial charge >= 0.3 is 0 Å². The van der Waals surface area contributed by atoms with Crippen LogP contribution in [0.2, 0.25) is 0 Å². The summed E-state index contributed by atoms with van der Waals surface area (Å²) in [6.45, 7) is 5.53. The Labute approximate surface area is 132 Å². The van der Waals surface area contributed by atoms with Crippen LogP contribution in [0.15, 0.2) is 23.3 Å². The van der Waals surface area contributed by atoms with Crippen molar-refractivity contribution in [2.24, 2.45) is 16.6 Å². The molecule has 0 atom stereocenters. The predicted molar refractivity (Wildman–Crippen MR) is 86.9 cm³/mol. The van der Waals surface area contributed by atoms with Gasteiger partial charge in [-0.2, -0.15) is 0 Å². The normalized spacial score (nSPS) is 14.9. The summed E-state index contributed by atoms with van der Waals surface area (Å²) in [5.41, 5.74) is 6.82. The Balaban J connectivity index is 1.64. The zero-order chi connectivity index (χ0) is 15.6. The summed E-state index contributed by atoms with van der Waals surface area (Å²) in [6.07, 6.45) is 5.26. The molecule has 0 aromatic carbocycles. The van der Waals surface area contributed by atoms with Crippen LogP contribution >= 0.6 is 0 Å². The molecule has 6 heteroatoms. The molecular formula is C16H26N4O2. The maximum atomic E-state index is 5.81. The van der Waals surface area contributed by atoms with E-state index >= 15 is 0 Å². The van der Waals surface area contributed by atoms with Crippen LogP contribution in [0.5, 0.6) is 5.88 Å². The van der Waals surface area contributed by atoms with Gasteiger partial charge in [-0.1, -0.05) is 6.07 Å². The van der Waals surface area contributed by atoms with Gasteiger partial charge < -0.3 is 20.5 Å². The van der Waals surface area contributed by atoms with E-state index in [1.807, 2.05) is 19.1 Å². The molecule has 0 bridgehead atoms. The molecule has 1 aromatic heterocycles. The van der Waals surface area contributed by atoms with Crippen LogP contribution in [0.25, 0.3) is 0 Å². The minimum absolute atomic E-state index is 0.450. The number of guanidine groups is 1. The lowest BCUT2D eigenvalue weighted by Gasteiger charge is -2.06. The van der Waals surface area contributed by atoms with E-state index < -0.39 is 0 Å². The number of rotatable bonds is 10. The van der Waals surface area contributed by atoms with Gasteiger partial charge in [0, 0.05) is 32.0 Å². The second-order valence-electron chi connectivity index (χ2n) is 5.44. The molecule has 0 saturated heterocycles. The highest BCUT2D eigenvalue weighted by atomic mass is 16.5. The third kappa shape index (κ3) is 6.76. The molecule has 0 spiro atoms. The Kier molecular flexibility index (Phi) is 6.96. The summed E-state index contributed by atoms with van der Waals surface area (Å²) in [5, 5.41) is 3.07. The largest absolute Gasteiger partial charge is 0.477 e. The predicted octanol–water partition coefficient (Wildman–Crippen LogP) is 1.70. The van der Waals surface area contributed by atoms with E-state index in [9.17, 15) is 0 Å². The van der Waals surface area contributed by atoms with Crippen molar-refractivity contribution >= 4 is 5.96 Å². The van der Waals surface area contributed by atoms with Gasteiger partial charge in [0.05, 0.1) is 13.2 Å².